The minimum absolute atomic E-state index is 0.134. The third kappa shape index (κ3) is 3.71. The predicted molar refractivity (Wildman–Crippen MR) is 99.4 cm³/mol. The maximum atomic E-state index is 12.1. The topological polar surface area (TPSA) is 57.1 Å². The summed E-state index contributed by atoms with van der Waals surface area (Å²) in [6.45, 7) is 0.134. The number of nitrogens with zero attached hydrogens (tertiary/aromatic N) is 1. The van der Waals surface area contributed by atoms with E-state index in [1.54, 1.807) is 48.5 Å². The summed E-state index contributed by atoms with van der Waals surface area (Å²) in [4.78, 5) is 16.4. The molecule has 6 heteroatoms. The van der Waals surface area contributed by atoms with E-state index < -0.39 is 5.97 Å². The number of carbonyl (C=O) groups excluding carboxylic acids is 1. The summed E-state index contributed by atoms with van der Waals surface area (Å²) in [6.07, 6.45) is 6.79. The van der Waals surface area contributed by atoms with Gasteiger partial charge < -0.3 is 14.2 Å². The van der Waals surface area contributed by atoms with Crippen molar-refractivity contribution in [1.29, 1.82) is 0 Å². The van der Waals surface area contributed by atoms with Crippen molar-refractivity contribution in [2.24, 2.45) is 4.99 Å². The molecular formula is C20H14ClNO4. The Morgan fingerprint density at radius 3 is 2.81 bits per heavy atom. The van der Waals surface area contributed by atoms with E-state index in [1.165, 1.54) is 7.11 Å². The van der Waals surface area contributed by atoms with Crippen LogP contribution in [-0.2, 0) is 9.53 Å². The molecule has 5 nitrogen and oxygen atoms in total. The van der Waals surface area contributed by atoms with E-state index in [-0.39, 0.29) is 18.2 Å². The number of aliphatic imine (C=N–C) groups is 1. The molecule has 0 amide bonds. The van der Waals surface area contributed by atoms with E-state index in [0.29, 0.717) is 27.6 Å². The zero-order chi connectivity index (χ0) is 18.5. The van der Waals surface area contributed by atoms with Crippen molar-refractivity contribution in [3.8, 4) is 23.8 Å². The van der Waals surface area contributed by atoms with Crippen molar-refractivity contribution in [2.45, 2.75) is 0 Å². The Morgan fingerprint density at radius 2 is 2.08 bits per heavy atom. The molecule has 0 radical (unpaired) electrons. The van der Waals surface area contributed by atoms with Crippen LogP contribution in [0.4, 0.5) is 0 Å². The molecule has 130 valence electrons. The van der Waals surface area contributed by atoms with Crippen LogP contribution in [-0.4, -0.2) is 25.6 Å². The largest absolute Gasteiger partial charge is 0.493 e. The molecule has 0 aromatic heterocycles. The number of hydrogen-bond donors (Lipinski definition) is 0. The maximum absolute atomic E-state index is 12.1. The molecule has 0 saturated carbocycles. The normalized spacial score (nSPS) is 14.6. The lowest BCUT2D eigenvalue weighted by atomic mass is 10.1. The average Bonchev–Trinajstić information content (AvgIpc) is 3.01. The first-order valence-electron chi connectivity index (χ1n) is 7.64. The number of halogens is 1. The summed E-state index contributed by atoms with van der Waals surface area (Å²) in [7, 11) is 1.52. The van der Waals surface area contributed by atoms with Gasteiger partial charge in [0.25, 0.3) is 0 Å². The molecule has 0 unspecified atom stereocenters. The Kier molecular flexibility index (Phi) is 5.26. The first-order valence-corrected chi connectivity index (χ1v) is 8.02. The number of hydrogen-bond acceptors (Lipinski definition) is 5. The minimum atomic E-state index is -0.549. The van der Waals surface area contributed by atoms with Crippen molar-refractivity contribution in [2.75, 3.05) is 13.7 Å². The molecule has 3 rings (SSSR count). The van der Waals surface area contributed by atoms with Crippen molar-refractivity contribution < 1.29 is 19.0 Å². The number of methoxy groups -OCH3 is 1. The Hall–Kier alpha value is -3.23. The van der Waals surface area contributed by atoms with Gasteiger partial charge in [-0.1, -0.05) is 35.7 Å². The maximum Gasteiger partial charge on any atom is 0.363 e. The molecule has 1 aliphatic heterocycles. The fourth-order valence-corrected chi connectivity index (χ4v) is 2.55. The summed E-state index contributed by atoms with van der Waals surface area (Å²) >= 11 is 6.12. The highest BCUT2D eigenvalue weighted by atomic mass is 35.5. The van der Waals surface area contributed by atoms with Crippen molar-refractivity contribution in [3.63, 3.8) is 0 Å². The Morgan fingerprint density at radius 1 is 1.27 bits per heavy atom. The lowest BCUT2D eigenvalue weighted by Crippen LogP contribution is -2.05. The number of carbonyl (C=O) groups is 1. The summed E-state index contributed by atoms with van der Waals surface area (Å²) in [6, 6.07) is 12.2. The molecule has 1 aliphatic rings. The number of rotatable bonds is 5. The van der Waals surface area contributed by atoms with Gasteiger partial charge in [-0.25, -0.2) is 9.79 Å². The van der Waals surface area contributed by atoms with Crippen molar-refractivity contribution in [1.82, 2.24) is 0 Å². The number of ether oxygens (including phenoxy) is 3. The second kappa shape index (κ2) is 7.77. The van der Waals surface area contributed by atoms with Gasteiger partial charge >= 0.3 is 5.97 Å². The van der Waals surface area contributed by atoms with Crippen LogP contribution in [0.15, 0.2) is 53.2 Å². The van der Waals surface area contributed by atoms with Crippen LogP contribution < -0.4 is 9.47 Å². The molecule has 26 heavy (non-hydrogen) atoms. The first kappa shape index (κ1) is 17.6. The van der Waals surface area contributed by atoms with Gasteiger partial charge in [0.1, 0.15) is 6.61 Å². The van der Waals surface area contributed by atoms with Crippen molar-refractivity contribution >= 4 is 29.5 Å². The molecule has 0 fully saturated rings. The quantitative estimate of drug-likeness (QED) is 0.459. The fourth-order valence-electron chi connectivity index (χ4n) is 2.33. The Labute approximate surface area is 155 Å². The lowest BCUT2D eigenvalue weighted by molar-refractivity contribution is -0.129. The number of terminal acetylenes is 1. The number of benzene rings is 2. The zero-order valence-electron chi connectivity index (χ0n) is 13.9. The summed E-state index contributed by atoms with van der Waals surface area (Å²) in [5.41, 5.74) is 1.42. The monoisotopic (exact) mass is 367 g/mol. The summed E-state index contributed by atoms with van der Waals surface area (Å²) in [5.74, 6) is 3.03. The highest BCUT2D eigenvalue weighted by molar-refractivity contribution is 6.34. The first-order chi connectivity index (χ1) is 12.6. The Bertz CT molecular complexity index is 957. The molecule has 2 aromatic carbocycles. The van der Waals surface area contributed by atoms with Crippen LogP contribution in [0.1, 0.15) is 11.1 Å². The molecule has 0 bridgehead atoms. The van der Waals surface area contributed by atoms with Gasteiger partial charge in [-0.15, -0.1) is 6.42 Å². The van der Waals surface area contributed by atoms with E-state index >= 15 is 0 Å². The molecule has 0 saturated heterocycles. The van der Waals surface area contributed by atoms with Crippen LogP contribution in [0, 0.1) is 12.3 Å². The van der Waals surface area contributed by atoms with E-state index in [2.05, 4.69) is 10.9 Å². The molecule has 0 N–H and O–H groups in total. The van der Waals surface area contributed by atoms with Crippen molar-refractivity contribution in [3.05, 3.63) is 64.3 Å². The molecular weight excluding hydrogens is 354 g/mol. The second-order valence-electron chi connectivity index (χ2n) is 5.22. The molecule has 1 heterocycles. The fraction of sp³-hybridized carbons (Fsp3) is 0.100. The Balaban J connectivity index is 1.91. The zero-order valence-corrected chi connectivity index (χ0v) is 14.6. The van der Waals surface area contributed by atoms with E-state index in [1.807, 2.05) is 0 Å². The predicted octanol–water partition coefficient (Wildman–Crippen LogP) is 3.71. The van der Waals surface area contributed by atoms with E-state index in [9.17, 15) is 4.79 Å². The molecule has 0 atom stereocenters. The number of cyclic esters (lactones) is 1. The van der Waals surface area contributed by atoms with Gasteiger partial charge in [-0.2, -0.15) is 0 Å². The van der Waals surface area contributed by atoms with Crippen LogP contribution in [0.2, 0.25) is 5.02 Å². The molecule has 2 aromatic rings. The van der Waals surface area contributed by atoms with Gasteiger partial charge in [0.05, 0.1) is 17.7 Å². The molecule has 0 aliphatic carbocycles. The van der Waals surface area contributed by atoms with Gasteiger partial charge in [0.2, 0.25) is 5.90 Å². The smallest absolute Gasteiger partial charge is 0.363 e. The van der Waals surface area contributed by atoms with E-state index in [4.69, 9.17) is 32.2 Å². The second-order valence-corrected chi connectivity index (χ2v) is 5.63. The highest BCUT2D eigenvalue weighted by Gasteiger charge is 2.25. The van der Waals surface area contributed by atoms with Crippen LogP contribution >= 0.6 is 11.6 Å². The SMILES string of the molecule is C#CCOc1ccc(C=C2N=C(c3ccccc3Cl)OC2=O)cc1OC. The minimum Gasteiger partial charge on any atom is -0.493 e. The van der Waals surface area contributed by atoms with Gasteiger partial charge in [-0.3, -0.25) is 0 Å². The van der Waals surface area contributed by atoms with Gasteiger partial charge in [0.15, 0.2) is 17.2 Å². The van der Waals surface area contributed by atoms with Crippen LogP contribution in [0.25, 0.3) is 6.08 Å². The number of esters is 1. The highest BCUT2D eigenvalue weighted by Crippen LogP contribution is 2.30. The summed E-state index contributed by atoms with van der Waals surface area (Å²) in [5, 5.41) is 0.456. The third-order valence-electron chi connectivity index (χ3n) is 3.53. The van der Waals surface area contributed by atoms with Crippen LogP contribution in [0.5, 0.6) is 11.5 Å². The van der Waals surface area contributed by atoms with Gasteiger partial charge in [-0.05, 0) is 35.9 Å². The molecule has 0 spiro atoms. The van der Waals surface area contributed by atoms with Gasteiger partial charge in [0, 0.05) is 0 Å². The summed E-state index contributed by atoms with van der Waals surface area (Å²) < 4.78 is 15.9. The third-order valence-corrected chi connectivity index (χ3v) is 3.86. The van der Waals surface area contributed by atoms with Crippen LogP contribution in [0.3, 0.4) is 0 Å². The lowest BCUT2D eigenvalue weighted by Gasteiger charge is -2.09. The standard InChI is InChI=1S/C20H14ClNO4/c1-3-10-25-17-9-8-13(12-18(17)24-2)11-16-20(23)26-19(22-16)14-6-4-5-7-15(14)21/h1,4-9,11-12H,10H2,2H3. The average molecular weight is 368 g/mol. The van der Waals surface area contributed by atoms with E-state index in [0.717, 1.165) is 0 Å².